The molecule has 1 N–H and O–H groups in total. The lowest BCUT2D eigenvalue weighted by Crippen LogP contribution is -2.57. The average molecular weight is 493 g/mol. The molecule has 2 aliphatic rings. The summed E-state index contributed by atoms with van der Waals surface area (Å²) >= 11 is 6.85. The second-order valence-corrected chi connectivity index (χ2v) is 10.3. The average Bonchev–Trinajstić information content (AvgIpc) is 3.44. The number of pyridine rings is 2. The number of hydrogen-bond donors (Lipinski definition) is 1. The van der Waals surface area contributed by atoms with Gasteiger partial charge in [0.05, 0.1) is 28.1 Å². The number of benzene rings is 1. The van der Waals surface area contributed by atoms with Gasteiger partial charge in [-0.05, 0) is 44.9 Å². The van der Waals surface area contributed by atoms with Crippen LogP contribution in [0.1, 0.15) is 25.3 Å². The third-order valence-corrected chi connectivity index (χ3v) is 7.37. The van der Waals surface area contributed by atoms with Crippen LogP contribution in [0.15, 0.2) is 30.6 Å². The summed E-state index contributed by atoms with van der Waals surface area (Å²) in [6, 6.07) is 6.49. The minimum absolute atomic E-state index is 0.125. The van der Waals surface area contributed by atoms with Crippen molar-refractivity contribution in [1.29, 1.82) is 0 Å². The molecule has 8 nitrogen and oxygen atoms in total. The quantitative estimate of drug-likeness (QED) is 0.412. The lowest BCUT2D eigenvalue weighted by molar-refractivity contribution is 0.0511. The number of ether oxygens (including phenoxy) is 2. The molecular formula is C26H29ClN6O2. The van der Waals surface area contributed by atoms with Gasteiger partial charge in [0.25, 0.3) is 0 Å². The van der Waals surface area contributed by atoms with E-state index in [1.165, 1.54) is 12.8 Å². The SMILES string of the molecule is COCOc1c(-c2cc(Cl)c3cc(N4C[C@@H](C)NC5(CC5)C4)cnc3n2)cc2cn(C)nc2c1C. The Kier molecular flexibility index (Phi) is 5.36. The molecule has 9 heteroatoms. The Hall–Kier alpha value is -2.94. The van der Waals surface area contributed by atoms with Gasteiger partial charge in [-0.2, -0.15) is 5.10 Å². The topological polar surface area (TPSA) is 77.3 Å². The highest BCUT2D eigenvalue weighted by Gasteiger charge is 2.47. The monoisotopic (exact) mass is 492 g/mol. The summed E-state index contributed by atoms with van der Waals surface area (Å²) in [6.45, 7) is 6.31. The van der Waals surface area contributed by atoms with Crippen molar-refractivity contribution in [3.8, 4) is 17.0 Å². The Balaban J connectivity index is 1.43. The molecule has 182 valence electrons. The van der Waals surface area contributed by atoms with E-state index in [1.54, 1.807) is 11.8 Å². The molecule has 1 atom stereocenters. The van der Waals surface area contributed by atoms with Crippen molar-refractivity contribution in [3.05, 3.63) is 41.2 Å². The third-order valence-electron chi connectivity index (χ3n) is 7.05. The molecule has 0 radical (unpaired) electrons. The zero-order valence-corrected chi connectivity index (χ0v) is 21.2. The minimum Gasteiger partial charge on any atom is -0.466 e. The van der Waals surface area contributed by atoms with Gasteiger partial charge in [0.2, 0.25) is 0 Å². The van der Waals surface area contributed by atoms with Gasteiger partial charge in [-0.1, -0.05) is 11.6 Å². The van der Waals surface area contributed by atoms with E-state index in [-0.39, 0.29) is 12.3 Å². The van der Waals surface area contributed by atoms with Gasteiger partial charge in [-0.25, -0.2) is 9.97 Å². The Morgan fingerprint density at radius 1 is 1.26 bits per heavy atom. The van der Waals surface area contributed by atoms with Crippen molar-refractivity contribution in [3.63, 3.8) is 0 Å². The predicted molar refractivity (Wildman–Crippen MR) is 138 cm³/mol. The number of rotatable bonds is 5. The van der Waals surface area contributed by atoms with Crippen molar-refractivity contribution in [1.82, 2.24) is 25.1 Å². The minimum atomic E-state index is 0.125. The van der Waals surface area contributed by atoms with Gasteiger partial charge in [-0.3, -0.25) is 4.68 Å². The summed E-state index contributed by atoms with van der Waals surface area (Å²) in [5, 5.41) is 10.8. The number of aromatic nitrogens is 4. The first-order chi connectivity index (χ1) is 16.9. The van der Waals surface area contributed by atoms with E-state index in [9.17, 15) is 0 Å². The van der Waals surface area contributed by atoms with Crippen LogP contribution in [0.25, 0.3) is 33.2 Å². The predicted octanol–water partition coefficient (Wildman–Crippen LogP) is 4.46. The summed E-state index contributed by atoms with van der Waals surface area (Å²) in [6.07, 6.45) is 6.37. The van der Waals surface area contributed by atoms with Crippen LogP contribution in [-0.4, -0.2) is 58.3 Å². The number of hydrogen-bond acceptors (Lipinski definition) is 7. The summed E-state index contributed by atoms with van der Waals surface area (Å²) < 4.78 is 13.0. The third kappa shape index (κ3) is 3.99. The second-order valence-electron chi connectivity index (χ2n) is 9.93. The van der Waals surface area contributed by atoms with E-state index in [1.807, 2.05) is 38.5 Å². The van der Waals surface area contributed by atoms with Crippen LogP contribution in [0.3, 0.4) is 0 Å². The van der Waals surface area contributed by atoms with Crippen LogP contribution in [0, 0.1) is 6.92 Å². The number of nitrogens with zero attached hydrogens (tertiary/aromatic N) is 5. The smallest absolute Gasteiger partial charge is 0.188 e. The molecular weight excluding hydrogens is 464 g/mol. The Labute approximate surface area is 209 Å². The van der Waals surface area contributed by atoms with Gasteiger partial charge in [0, 0.05) is 66.9 Å². The molecule has 4 heterocycles. The Bertz CT molecular complexity index is 1450. The normalized spacial score (nSPS) is 19.1. The van der Waals surface area contributed by atoms with Crippen molar-refractivity contribution >= 4 is 39.2 Å². The maximum atomic E-state index is 6.85. The fourth-order valence-electron chi connectivity index (χ4n) is 5.32. The van der Waals surface area contributed by atoms with Crippen molar-refractivity contribution in [2.45, 2.75) is 38.3 Å². The first-order valence-corrected chi connectivity index (χ1v) is 12.3. The number of anilines is 1. The number of methoxy groups -OCH3 is 1. The van der Waals surface area contributed by atoms with Crippen LogP contribution in [-0.2, 0) is 11.8 Å². The highest BCUT2D eigenvalue weighted by Crippen LogP contribution is 2.41. The molecule has 3 aromatic heterocycles. The summed E-state index contributed by atoms with van der Waals surface area (Å²) in [5.74, 6) is 0.683. The molecule has 0 unspecified atom stereocenters. The molecule has 1 saturated carbocycles. The number of nitrogens with one attached hydrogen (secondary N) is 1. The molecule has 0 bridgehead atoms. The van der Waals surface area contributed by atoms with E-state index in [4.69, 9.17) is 31.0 Å². The van der Waals surface area contributed by atoms with E-state index >= 15 is 0 Å². The van der Waals surface area contributed by atoms with Gasteiger partial charge < -0.3 is 19.7 Å². The number of aryl methyl sites for hydroxylation is 2. The lowest BCUT2D eigenvalue weighted by Gasteiger charge is -2.39. The fourth-order valence-corrected chi connectivity index (χ4v) is 5.56. The molecule has 1 saturated heterocycles. The number of piperazine rings is 1. The van der Waals surface area contributed by atoms with E-state index in [0.717, 1.165) is 46.2 Å². The van der Waals surface area contributed by atoms with Crippen LogP contribution in [0.2, 0.25) is 5.02 Å². The largest absolute Gasteiger partial charge is 0.466 e. The highest BCUT2D eigenvalue weighted by atomic mass is 35.5. The molecule has 1 aliphatic heterocycles. The van der Waals surface area contributed by atoms with Crippen molar-refractivity contribution in [2.24, 2.45) is 7.05 Å². The molecule has 4 aromatic rings. The van der Waals surface area contributed by atoms with Crippen molar-refractivity contribution in [2.75, 3.05) is 31.9 Å². The fraction of sp³-hybridized carbons (Fsp3) is 0.423. The van der Waals surface area contributed by atoms with Crippen molar-refractivity contribution < 1.29 is 9.47 Å². The van der Waals surface area contributed by atoms with E-state index in [0.29, 0.717) is 28.2 Å². The van der Waals surface area contributed by atoms with Gasteiger partial charge in [0.15, 0.2) is 12.4 Å². The Morgan fingerprint density at radius 3 is 2.86 bits per heavy atom. The first kappa shape index (κ1) is 22.5. The standard InChI is InChI=1S/C26H29ClN6O2/c1-15-11-33(13-26(30-15)5-6-26)18-8-19-21(27)9-22(29-25(19)28-10-18)20-7-17-12-32(3)31-23(17)16(2)24(20)35-14-34-4/h7-10,12,15,30H,5-6,11,13-14H2,1-4H3/t15-/m1/s1. The maximum absolute atomic E-state index is 6.85. The summed E-state index contributed by atoms with van der Waals surface area (Å²) in [5.41, 5.74) is 5.32. The second kappa shape index (κ2) is 8.33. The van der Waals surface area contributed by atoms with Crippen LogP contribution in [0.4, 0.5) is 5.69 Å². The molecule has 1 spiro atoms. The molecule has 35 heavy (non-hydrogen) atoms. The summed E-state index contributed by atoms with van der Waals surface area (Å²) in [4.78, 5) is 12.1. The molecule has 1 aromatic carbocycles. The number of fused-ring (bicyclic) bond motifs is 2. The maximum Gasteiger partial charge on any atom is 0.188 e. The molecule has 0 amide bonds. The zero-order valence-electron chi connectivity index (χ0n) is 20.4. The highest BCUT2D eigenvalue weighted by molar-refractivity contribution is 6.35. The number of halogens is 1. The van der Waals surface area contributed by atoms with E-state index < -0.39 is 0 Å². The van der Waals surface area contributed by atoms with Gasteiger partial charge in [-0.15, -0.1) is 0 Å². The van der Waals surface area contributed by atoms with Crippen LogP contribution < -0.4 is 15.0 Å². The lowest BCUT2D eigenvalue weighted by atomic mass is 10.0. The zero-order chi connectivity index (χ0) is 24.3. The summed E-state index contributed by atoms with van der Waals surface area (Å²) in [7, 11) is 3.51. The van der Waals surface area contributed by atoms with Gasteiger partial charge >= 0.3 is 0 Å². The first-order valence-electron chi connectivity index (χ1n) is 11.9. The Morgan fingerprint density at radius 2 is 2.09 bits per heavy atom. The van der Waals surface area contributed by atoms with Crippen LogP contribution in [0.5, 0.6) is 5.75 Å². The molecule has 6 rings (SSSR count). The van der Waals surface area contributed by atoms with Gasteiger partial charge in [0.1, 0.15) is 5.75 Å². The molecule has 2 fully saturated rings. The van der Waals surface area contributed by atoms with Crippen LogP contribution >= 0.6 is 11.6 Å². The van der Waals surface area contributed by atoms with E-state index in [2.05, 4.69) is 28.3 Å². The molecule has 1 aliphatic carbocycles.